The molecular weight excluding hydrogens is 431 g/mol. The summed E-state index contributed by atoms with van der Waals surface area (Å²) in [5.74, 6) is -1.000. The Kier molecular flexibility index (Phi) is 5.83. The molecule has 0 unspecified atom stereocenters. The third-order valence-electron chi connectivity index (χ3n) is 4.86. The molecule has 0 spiro atoms. The zero-order valence-corrected chi connectivity index (χ0v) is 18.1. The Labute approximate surface area is 186 Å². The van der Waals surface area contributed by atoms with Gasteiger partial charge in [0.2, 0.25) is 5.91 Å². The summed E-state index contributed by atoms with van der Waals surface area (Å²) >= 11 is 1.12. The van der Waals surface area contributed by atoms with Crippen LogP contribution in [0.1, 0.15) is 27.7 Å². The van der Waals surface area contributed by atoms with Crippen molar-refractivity contribution in [3.63, 3.8) is 0 Å². The molecule has 2 heterocycles. The monoisotopic (exact) mass is 450 g/mol. The molecule has 32 heavy (non-hydrogen) atoms. The van der Waals surface area contributed by atoms with Crippen molar-refractivity contribution in [3.05, 3.63) is 87.0 Å². The van der Waals surface area contributed by atoms with Crippen molar-refractivity contribution in [3.8, 4) is 0 Å². The fourth-order valence-electron chi connectivity index (χ4n) is 3.36. The predicted molar refractivity (Wildman–Crippen MR) is 123 cm³/mol. The van der Waals surface area contributed by atoms with Gasteiger partial charge < -0.3 is 10.6 Å². The van der Waals surface area contributed by atoms with Crippen molar-refractivity contribution in [2.45, 2.75) is 20.4 Å². The number of aromatic nitrogens is 2. The first-order valence-electron chi connectivity index (χ1n) is 9.74. The molecule has 0 aliphatic heterocycles. The summed E-state index contributed by atoms with van der Waals surface area (Å²) < 4.78 is 15.3. The van der Waals surface area contributed by atoms with Crippen LogP contribution in [0.4, 0.5) is 15.8 Å². The molecule has 0 atom stereocenters. The van der Waals surface area contributed by atoms with Crippen LogP contribution >= 0.6 is 11.3 Å². The number of carbonyl (C=O) groups is 2. The summed E-state index contributed by atoms with van der Waals surface area (Å²) in [7, 11) is 0. The number of carbonyl (C=O) groups excluding carboxylic acids is 2. The lowest BCUT2D eigenvalue weighted by Gasteiger charge is -2.07. The van der Waals surface area contributed by atoms with E-state index in [0.717, 1.165) is 11.3 Å². The first kappa shape index (κ1) is 21.4. The number of anilines is 2. The van der Waals surface area contributed by atoms with Gasteiger partial charge in [-0.3, -0.25) is 19.0 Å². The first-order valence-corrected chi connectivity index (χ1v) is 10.6. The van der Waals surface area contributed by atoms with E-state index in [2.05, 4.69) is 15.6 Å². The van der Waals surface area contributed by atoms with Crippen molar-refractivity contribution in [1.82, 2.24) is 9.55 Å². The number of hydrogen-bond donors (Lipinski definition) is 2. The molecule has 2 amide bonds. The van der Waals surface area contributed by atoms with Crippen LogP contribution in [0.2, 0.25) is 0 Å². The van der Waals surface area contributed by atoms with Gasteiger partial charge in [0.15, 0.2) is 0 Å². The largest absolute Gasteiger partial charge is 0.326 e. The highest BCUT2D eigenvalue weighted by atomic mass is 32.1. The van der Waals surface area contributed by atoms with Crippen LogP contribution in [-0.4, -0.2) is 21.4 Å². The topological polar surface area (TPSA) is 93.1 Å². The van der Waals surface area contributed by atoms with E-state index in [1.807, 2.05) is 0 Å². The smallest absolute Gasteiger partial charge is 0.266 e. The highest BCUT2D eigenvalue weighted by molar-refractivity contribution is 7.20. The highest BCUT2D eigenvalue weighted by Crippen LogP contribution is 2.28. The lowest BCUT2D eigenvalue weighted by molar-refractivity contribution is -0.114. The van der Waals surface area contributed by atoms with E-state index < -0.39 is 5.82 Å². The Bertz CT molecular complexity index is 1410. The number of halogens is 1. The summed E-state index contributed by atoms with van der Waals surface area (Å²) in [6.45, 7) is 3.14. The zero-order valence-electron chi connectivity index (χ0n) is 17.3. The van der Waals surface area contributed by atoms with Gasteiger partial charge >= 0.3 is 0 Å². The van der Waals surface area contributed by atoms with Crippen molar-refractivity contribution < 1.29 is 14.0 Å². The van der Waals surface area contributed by atoms with Crippen LogP contribution in [0.15, 0.2) is 59.7 Å². The Morgan fingerprint density at radius 1 is 1.09 bits per heavy atom. The lowest BCUT2D eigenvalue weighted by atomic mass is 10.2. The van der Waals surface area contributed by atoms with Crippen molar-refractivity contribution in [2.24, 2.45) is 0 Å². The number of hydrogen-bond acceptors (Lipinski definition) is 5. The van der Waals surface area contributed by atoms with Crippen molar-refractivity contribution in [2.75, 3.05) is 10.6 Å². The summed E-state index contributed by atoms with van der Waals surface area (Å²) in [5, 5.41) is 5.79. The van der Waals surface area contributed by atoms with Gasteiger partial charge in [0, 0.05) is 23.9 Å². The number of amides is 2. The van der Waals surface area contributed by atoms with E-state index in [4.69, 9.17) is 0 Å². The average molecular weight is 450 g/mol. The van der Waals surface area contributed by atoms with Gasteiger partial charge in [-0.25, -0.2) is 9.37 Å². The maximum absolute atomic E-state index is 14.0. The van der Waals surface area contributed by atoms with Gasteiger partial charge in [-0.15, -0.1) is 11.3 Å². The second-order valence-electron chi connectivity index (χ2n) is 7.22. The number of fused-ring (bicyclic) bond motifs is 1. The SMILES string of the molecule is CC(=O)Nc1cccc(NC(=O)c2sc3ncn(Cc4ccccc4F)c(=O)c3c2C)c1. The number of thiophene rings is 1. The van der Waals surface area contributed by atoms with Crippen LogP contribution < -0.4 is 16.2 Å². The van der Waals surface area contributed by atoms with E-state index in [-0.39, 0.29) is 23.9 Å². The molecule has 7 nitrogen and oxygen atoms in total. The quantitative estimate of drug-likeness (QED) is 0.477. The maximum atomic E-state index is 14.0. The molecule has 162 valence electrons. The Balaban J connectivity index is 1.64. The molecule has 0 saturated heterocycles. The van der Waals surface area contributed by atoms with Gasteiger partial charge in [-0.2, -0.15) is 0 Å². The minimum Gasteiger partial charge on any atom is -0.326 e. The van der Waals surface area contributed by atoms with Crippen molar-refractivity contribution >= 4 is 44.7 Å². The molecule has 2 N–H and O–H groups in total. The lowest BCUT2D eigenvalue weighted by Crippen LogP contribution is -2.21. The fourth-order valence-corrected chi connectivity index (χ4v) is 4.40. The van der Waals surface area contributed by atoms with E-state index in [1.165, 1.54) is 23.9 Å². The molecule has 2 aromatic carbocycles. The van der Waals surface area contributed by atoms with E-state index in [9.17, 15) is 18.8 Å². The van der Waals surface area contributed by atoms with Crippen molar-refractivity contribution in [1.29, 1.82) is 0 Å². The standard InChI is InChI=1S/C23H19FN4O3S/c1-13-19-22(25-12-28(23(19)31)11-15-6-3-4-9-18(15)24)32-20(13)21(30)27-17-8-5-7-16(10-17)26-14(2)29/h3-10,12H,11H2,1-2H3,(H,26,29)(H,27,30). The Morgan fingerprint density at radius 3 is 2.53 bits per heavy atom. The number of rotatable bonds is 5. The van der Waals surface area contributed by atoms with E-state index in [1.54, 1.807) is 49.4 Å². The molecule has 0 radical (unpaired) electrons. The van der Waals surface area contributed by atoms with Crippen LogP contribution in [-0.2, 0) is 11.3 Å². The first-order chi connectivity index (χ1) is 15.3. The van der Waals surface area contributed by atoms with Gasteiger partial charge in [0.1, 0.15) is 10.6 Å². The number of aryl methyl sites for hydroxylation is 1. The van der Waals surface area contributed by atoms with E-state index in [0.29, 0.717) is 37.6 Å². The van der Waals surface area contributed by atoms with Gasteiger partial charge in [0.05, 0.1) is 23.1 Å². The summed E-state index contributed by atoms with van der Waals surface area (Å²) in [6, 6.07) is 13.0. The van der Waals surface area contributed by atoms with Crippen LogP contribution in [0.3, 0.4) is 0 Å². The third kappa shape index (κ3) is 4.28. The fraction of sp³-hybridized carbons (Fsp3) is 0.130. The van der Waals surface area contributed by atoms with Crippen LogP contribution in [0, 0.1) is 12.7 Å². The minimum atomic E-state index is -0.400. The normalized spacial score (nSPS) is 10.8. The molecule has 0 saturated carbocycles. The molecule has 0 fully saturated rings. The summed E-state index contributed by atoms with van der Waals surface area (Å²) in [5.41, 5.74) is 1.62. The average Bonchev–Trinajstić information content (AvgIpc) is 3.08. The predicted octanol–water partition coefficient (Wildman–Crippen LogP) is 4.16. The molecule has 0 bridgehead atoms. The van der Waals surface area contributed by atoms with Crippen LogP contribution in [0.5, 0.6) is 0 Å². The molecule has 9 heteroatoms. The van der Waals surface area contributed by atoms with E-state index >= 15 is 0 Å². The maximum Gasteiger partial charge on any atom is 0.266 e. The van der Waals surface area contributed by atoms with Gasteiger partial charge in [-0.05, 0) is 36.8 Å². The molecule has 4 rings (SSSR count). The summed E-state index contributed by atoms with van der Waals surface area (Å²) in [6.07, 6.45) is 1.37. The molecular formula is C23H19FN4O3S. The minimum absolute atomic E-state index is 0.0429. The third-order valence-corrected chi connectivity index (χ3v) is 6.06. The Morgan fingerprint density at radius 2 is 1.81 bits per heavy atom. The number of benzene rings is 2. The number of nitrogens with zero attached hydrogens (tertiary/aromatic N) is 2. The molecule has 4 aromatic rings. The number of nitrogens with one attached hydrogen (secondary N) is 2. The molecule has 2 aromatic heterocycles. The van der Waals surface area contributed by atoms with Crippen LogP contribution in [0.25, 0.3) is 10.2 Å². The second kappa shape index (κ2) is 8.72. The molecule has 0 aliphatic rings. The summed E-state index contributed by atoms with van der Waals surface area (Å²) in [4.78, 5) is 42.3. The highest BCUT2D eigenvalue weighted by Gasteiger charge is 2.20. The second-order valence-corrected chi connectivity index (χ2v) is 8.22. The molecule has 0 aliphatic carbocycles. The Hall–Kier alpha value is -3.85. The zero-order chi connectivity index (χ0) is 22.8. The van der Waals surface area contributed by atoms with Gasteiger partial charge in [0.25, 0.3) is 11.5 Å². The van der Waals surface area contributed by atoms with Gasteiger partial charge in [-0.1, -0.05) is 24.3 Å².